The Balaban J connectivity index is 1.20. The average Bonchev–Trinajstić information content (AvgIpc) is 3.40. The number of piperazine rings is 1. The van der Waals surface area contributed by atoms with E-state index in [4.69, 9.17) is 4.74 Å². The second-order valence-electron chi connectivity index (χ2n) is 9.12. The molecule has 2 aromatic heterocycles. The van der Waals surface area contributed by atoms with Crippen LogP contribution < -0.4 is 4.74 Å². The minimum absolute atomic E-state index is 0.0601. The summed E-state index contributed by atoms with van der Waals surface area (Å²) in [4.78, 5) is 29.9. The zero-order valence-corrected chi connectivity index (χ0v) is 19.6. The Kier molecular flexibility index (Phi) is 6.36. The molecule has 1 fully saturated rings. The molecule has 0 aliphatic carbocycles. The van der Waals surface area contributed by atoms with Crippen LogP contribution in [0.2, 0.25) is 0 Å². The van der Waals surface area contributed by atoms with Gasteiger partial charge in [-0.1, -0.05) is 13.8 Å². The number of hydrogen-bond donors (Lipinski definition) is 0. The van der Waals surface area contributed by atoms with E-state index in [9.17, 15) is 4.79 Å². The number of allylic oxidation sites excluding steroid dienone is 1. The van der Waals surface area contributed by atoms with Crippen LogP contribution in [0.4, 0.5) is 0 Å². The highest BCUT2D eigenvalue weighted by Crippen LogP contribution is 2.26. The Hall–Kier alpha value is -3.58. The summed E-state index contributed by atoms with van der Waals surface area (Å²) >= 11 is 0. The number of benzene rings is 1. The third-order valence-corrected chi connectivity index (χ3v) is 6.27. The fourth-order valence-electron chi connectivity index (χ4n) is 4.33. The van der Waals surface area contributed by atoms with Crippen LogP contribution >= 0.6 is 0 Å². The van der Waals surface area contributed by atoms with E-state index in [1.54, 1.807) is 0 Å². The van der Waals surface area contributed by atoms with Crippen molar-refractivity contribution >= 4 is 28.6 Å². The normalized spacial score (nSPS) is 16.3. The molecule has 5 rings (SSSR count). The number of aromatic nitrogens is 2. The summed E-state index contributed by atoms with van der Waals surface area (Å²) in [6.45, 7) is 8.82. The van der Waals surface area contributed by atoms with E-state index in [-0.39, 0.29) is 11.8 Å². The molecule has 3 aromatic rings. The Labute approximate surface area is 199 Å². The third-order valence-electron chi connectivity index (χ3n) is 6.27. The van der Waals surface area contributed by atoms with Crippen LogP contribution in [-0.4, -0.2) is 64.6 Å². The lowest BCUT2D eigenvalue weighted by Gasteiger charge is -2.35. The third kappa shape index (κ3) is 4.99. The summed E-state index contributed by atoms with van der Waals surface area (Å²) in [6, 6.07) is 12.0. The van der Waals surface area contributed by atoms with Gasteiger partial charge in [-0.05, 0) is 47.0 Å². The molecule has 1 amide bonds. The Bertz CT molecular complexity index is 1240. The highest BCUT2D eigenvalue weighted by Gasteiger charge is 2.22. The molecule has 0 radical (unpaired) electrons. The van der Waals surface area contributed by atoms with Crippen molar-refractivity contribution in [2.24, 2.45) is 10.9 Å². The van der Waals surface area contributed by atoms with Gasteiger partial charge in [-0.2, -0.15) is 0 Å². The van der Waals surface area contributed by atoms with Crippen molar-refractivity contribution in [3.63, 3.8) is 0 Å². The molecule has 0 saturated carbocycles. The van der Waals surface area contributed by atoms with Gasteiger partial charge in [0.1, 0.15) is 5.75 Å². The van der Waals surface area contributed by atoms with Gasteiger partial charge in [-0.25, -0.2) is 4.98 Å². The first-order valence-corrected chi connectivity index (χ1v) is 11.8. The molecule has 2 aliphatic heterocycles. The first kappa shape index (κ1) is 22.2. The van der Waals surface area contributed by atoms with Crippen LogP contribution in [-0.2, 0) is 11.3 Å². The van der Waals surface area contributed by atoms with Crippen molar-refractivity contribution in [1.82, 2.24) is 19.8 Å². The van der Waals surface area contributed by atoms with E-state index in [0.717, 1.165) is 54.8 Å². The lowest BCUT2D eigenvalue weighted by atomic mass is 10.1. The molecule has 2 aliphatic rings. The Morgan fingerprint density at radius 3 is 2.59 bits per heavy atom. The highest BCUT2D eigenvalue weighted by molar-refractivity contribution is 5.89. The Morgan fingerprint density at radius 1 is 1.03 bits per heavy atom. The number of amides is 1. The largest absolute Gasteiger partial charge is 0.439 e. The summed E-state index contributed by atoms with van der Waals surface area (Å²) in [6.07, 6.45) is 7.58. The van der Waals surface area contributed by atoms with E-state index in [1.165, 1.54) is 5.56 Å². The van der Waals surface area contributed by atoms with Crippen LogP contribution in [0.1, 0.15) is 25.0 Å². The number of fused-ring (bicyclic) bond motifs is 1. The van der Waals surface area contributed by atoms with Gasteiger partial charge in [0, 0.05) is 74.8 Å². The average molecular weight is 456 g/mol. The fourth-order valence-corrected chi connectivity index (χ4v) is 4.33. The molecule has 0 spiro atoms. The molecule has 1 aromatic carbocycles. The quantitative estimate of drug-likeness (QED) is 0.557. The number of carbonyl (C=O) groups is 1. The number of rotatable bonds is 6. The van der Waals surface area contributed by atoms with Gasteiger partial charge >= 0.3 is 0 Å². The summed E-state index contributed by atoms with van der Waals surface area (Å²) in [7, 11) is 0. The SMILES string of the molecule is CC(C)C(=O)N1CCN(Cc2cnc3cc(Oc4ccc(C5=CC=NC5)cn4)ccc3c2)CC1. The number of nitrogens with zero attached hydrogens (tertiary/aromatic N) is 5. The number of carbonyl (C=O) groups excluding carboxylic acids is 1. The molecule has 174 valence electrons. The zero-order valence-electron chi connectivity index (χ0n) is 19.6. The number of ether oxygens (including phenoxy) is 1. The van der Waals surface area contributed by atoms with Gasteiger partial charge in [0.15, 0.2) is 0 Å². The summed E-state index contributed by atoms with van der Waals surface area (Å²) < 4.78 is 5.96. The lowest BCUT2D eigenvalue weighted by Crippen LogP contribution is -2.49. The van der Waals surface area contributed by atoms with E-state index in [0.29, 0.717) is 18.2 Å². The molecule has 0 unspecified atom stereocenters. The van der Waals surface area contributed by atoms with E-state index in [2.05, 4.69) is 25.9 Å². The van der Waals surface area contributed by atoms with E-state index >= 15 is 0 Å². The standard InChI is InChI=1S/C27H29N5O2/c1-19(2)27(33)32-11-9-31(10-12-32)18-20-13-21-3-5-24(14-25(21)29-15-20)34-26-6-4-22(17-30-26)23-7-8-28-16-23/h3-8,13-15,17,19H,9-12,16,18H2,1-2H3. The van der Waals surface area contributed by atoms with Gasteiger partial charge in [0.2, 0.25) is 11.8 Å². The number of hydrogen-bond acceptors (Lipinski definition) is 6. The second kappa shape index (κ2) is 9.73. The fraction of sp³-hybridized carbons (Fsp3) is 0.333. The van der Waals surface area contributed by atoms with Gasteiger partial charge < -0.3 is 9.64 Å². The van der Waals surface area contributed by atoms with Crippen LogP contribution in [0.25, 0.3) is 16.5 Å². The monoisotopic (exact) mass is 455 g/mol. The summed E-state index contributed by atoms with van der Waals surface area (Å²) in [5.41, 5.74) is 4.28. The number of pyridine rings is 2. The van der Waals surface area contributed by atoms with E-state index in [1.807, 2.05) is 73.8 Å². The van der Waals surface area contributed by atoms with Crippen molar-refractivity contribution < 1.29 is 9.53 Å². The molecule has 0 bridgehead atoms. The molecule has 34 heavy (non-hydrogen) atoms. The van der Waals surface area contributed by atoms with Gasteiger partial charge in [0.25, 0.3) is 0 Å². The first-order chi connectivity index (χ1) is 16.5. The van der Waals surface area contributed by atoms with Gasteiger partial charge in [-0.3, -0.25) is 19.7 Å². The maximum Gasteiger partial charge on any atom is 0.225 e. The zero-order chi connectivity index (χ0) is 23.5. The number of aliphatic imine (C=N–C) groups is 1. The summed E-state index contributed by atoms with van der Waals surface area (Å²) in [5, 5.41) is 1.08. The van der Waals surface area contributed by atoms with Gasteiger partial charge in [0.05, 0.1) is 12.1 Å². The predicted molar refractivity (Wildman–Crippen MR) is 134 cm³/mol. The second-order valence-corrected chi connectivity index (χ2v) is 9.12. The summed E-state index contributed by atoms with van der Waals surface area (Å²) in [5.74, 6) is 1.57. The minimum atomic E-state index is 0.0601. The molecule has 0 atom stereocenters. The highest BCUT2D eigenvalue weighted by atomic mass is 16.5. The van der Waals surface area contributed by atoms with Crippen molar-refractivity contribution in [2.75, 3.05) is 32.7 Å². The maximum absolute atomic E-state index is 12.2. The predicted octanol–water partition coefficient (Wildman–Crippen LogP) is 4.19. The lowest BCUT2D eigenvalue weighted by molar-refractivity contribution is -0.136. The van der Waals surface area contributed by atoms with Crippen molar-refractivity contribution in [2.45, 2.75) is 20.4 Å². The van der Waals surface area contributed by atoms with Crippen molar-refractivity contribution in [3.05, 3.63) is 66.0 Å². The Morgan fingerprint density at radius 2 is 1.88 bits per heavy atom. The molecular formula is C27H29N5O2. The van der Waals surface area contributed by atoms with Gasteiger partial charge in [-0.15, -0.1) is 0 Å². The molecule has 4 heterocycles. The molecule has 0 N–H and O–H groups in total. The minimum Gasteiger partial charge on any atom is -0.439 e. The molecule has 7 heteroatoms. The van der Waals surface area contributed by atoms with Crippen molar-refractivity contribution in [3.8, 4) is 11.6 Å². The van der Waals surface area contributed by atoms with Crippen molar-refractivity contribution in [1.29, 1.82) is 0 Å². The van der Waals surface area contributed by atoms with E-state index < -0.39 is 0 Å². The maximum atomic E-state index is 12.2. The molecular weight excluding hydrogens is 426 g/mol. The molecule has 1 saturated heterocycles. The van der Waals surface area contributed by atoms with Crippen LogP contribution in [0.3, 0.4) is 0 Å². The topological polar surface area (TPSA) is 70.9 Å². The van der Waals surface area contributed by atoms with Crippen LogP contribution in [0.5, 0.6) is 11.6 Å². The smallest absolute Gasteiger partial charge is 0.225 e. The van der Waals surface area contributed by atoms with Crippen LogP contribution in [0, 0.1) is 5.92 Å². The first-order valence-electron chi connectivity index (χ1n) is 11.8. The molecule has 7 nitrogen and oxygen atoms in total. The van der Waals surface area contributed by atoms with Crippen LogP contribution in [0.15, 0.2) is 59.9 Å².